The topological polar surface area (TPSA) is 72.2 Å². The zero-order chi connectivity index (χ0) is 19.0. The number of rotatable bonds is 3. The van der Waals surface area contributed by atoms with Gasteiger partial charge in [-0.05, 0) is 49.4 Å². The van der Waals surface area contributed by atoms with Crippen LogP contribution in [0.1, 0.15) is 16.2 Å². The maximum Gasteiger partial charge on any atom is 0.255 e. The number of aromatic nitrogens is 4. The number of anilines is 1. The van der Waals surface area contributed by atoms with Crippen molar-refractivity contribution in [3.05, 3.63) is 76.0 Å². The maximum atomic E-state index is 12.5. The molecule has 0 radical (unpaired) electrons. The second-order valence-electron chi connectivity index (χ2n) is 5.90. The molecule has 0 atom stereocenters. The van der Waals surface area contributed by atoms with Gasteiger partial charge in [0.05, 0.1) is 15.7 Å². The fraction of sp³-hybridized carbons (Fsp3) is 0.0526. The Morgan fingerprint density at radius 3 is 2.67 bits per heavy atom. The molecule has 0 aliphatic heterocycles. The molecule has 6 nitrogen and oxygen atoms in total. The minimum atomic E-state index is -0.274. The summed E-state index contributed by atoms with van der Waals surface area (Å²) in [5, 5.41) is 16.2. The van der Waals surface area contributed by atoms with E-state index in [1.165, 1.54) is 6.07 Å². The van der Waals surface area contributed by atoms with E-state index in [1.807, 2.05) is 43.3 Å². The quantitative estimate of drug-likeness (QED) is 0.545. The molecule has 0 aliphatic rings. The van der Waals surface area contributed by atoms with Gasteiger partial charge >= 0.3 is 0 Å². The molecule has 1 N–H and O–H groups in total. The Hall–Kier alpha value is -2.96. The first-order valence-electron chi connectivity index (χ1n) is 8.07. The number of carbonyl (C=O) groups is 1. The van der Waals surface area contributed by atoms with Crippen molar-refractivity contribution in [1.82, 2.24) is 19.8 Å². The van der Waals surface area contributed by atoms with Crippen molar-refractivity contribution in [2.24, 2.45) is 0 Å². The van der Waals surface area contributed by atoms with Crippen LogP contribution in [-0.2, 0) is 0 Å². The number of nitrogens with zero attached hydrogens (tertiary/aromatic N) is 4. The highest BCUT2D eigenvalue weighted by atomic mass is 35.5. The highest BCUT2D eigenvalue weighted by molar-refractivity contribution is 6.42. The first-order chi connectivity index (χ1) is 13.0. The largest absolute Gasteiger partial charge is 0.322 e. The standard InChI is InChI=1S/C19H13Cl2N5O/c1-11-23-24-18-8-7-17(25-26(11)18)12-3-2-4-14(9-12)22-19(27)13-5-6-15(20)16(21)10-13/h2-10H,1H3,(H,22,27). The number of benzene rings is 2. The number of aryl methyl sites for hydroxylation is 1. The first kappa shape index (κ1) is 17.5. The van der Waals surface area contributed by atoms with E-state index in [1.54, 1.807) is 16.6 Å². The van der Waals surface area contributed by atoms with Crippen LogP contribution in [0.5, 0.6) is 0 Å². The molecule has 134 valence electrons. The fourth-order valence-electron chi connectivity index (χ4n) is 2.65. The summed E-state index contributed by atoms with van der Waals surface area (Å²) in [6.45, 7) is 1.84. The van der Waals surface area contributed by atoms with E-state index in [0.717, 1.165) is 11.3 Å². The summed E-state index contributed by atoms with van der Waals surface area (Å²) in [6.07, 6.45) is 0. The molecular weight excluding hydrogens is 385 g/mol. The molecule has 4 rings (SSSR count). The predicted octanol–water partition coefficient (Wildman–Crippen LogP) is 4.66. The molecule has 0 unspecified atom stereocenters. The van der Waals surface area contributed by atoms with Crippen LogP contribution in [0, 0.1) is 6.92 Å². The van der Waals surface area contributed by atoms with Gasteiger partial charge in [0.1, 0.15) is 0 Å². The lowest BCUT2D eigenvalue weighted by Crippen LogP contribution is -2.11. The van der Waals surface area contributed by atoms with E-state index in [9.17, 15) is 4.79 Å². The number of fused-ring (bicyclic) bond motifs is 1. The van der Waals surface area contributed by atoms with Gasteiger partial charge in [-0.2, -0.15) is 9.61 Å². The summed E-state index contributed by atoms with van der Waals surface area (Å²) < 4.78 is 1.68. The van der Waals surface area contributed by atoms with E-state index >= 15 is 0 Å². The summed E-state index contributed by atoms with van der Waals surface area (Å²) in [7, 11) is 0. The Kier molecular flexibility index (Phi) is 4.51. The smallest absolute Gasteiger partial charge is 0.255 e. The van der Waals surface area contributed by atoms with Crippen LogP contribution < -0.4 is 5.32 Å². The maximum absolute atomic E-state index is 12.5. The molecule has 4 aromatic rings. The summed E-state index contributed by atoms with van der Waals surface area (Å²) in [6, 6.07) is 15.9. The van der Waals surface area contributed by atoms with Gasteiger partial charge in [0.15, 0.2) is 11.5 Å². The van der Waals surface area contributed by atoms with Gasteiger partial charge in [0.2, 0.25) is 0 Å². The first-order valence-corrected chi connectivity index (χ1v) is 8.83. The predicted molar refractivity (Wildman–Crippen MR) is 105 cm³/mol. The van der Waals surface area contributed by atoms with Crippen LogP contribution in [0.3, 0.4) is 0 Å². The van der Waals surface area contributed by atoms with Crippen LogP contribution in [0.25, 0.3) is 16.9 Å². The zero-order valence-electron chi connectivity index (χ0n) is 14.1. The van der Waals surface area contributed by atoms with Crippen molar-refractivity contribution in [3.63, 3.8) is 0 Å². The van der Waals surface area contributed by atoms with Crippen LogP contribution in [-0.4, -0.2) is 25.7 Å². The SMILES string of the molecule is Cc1nnc2ccc(-c3cccc(NC(=O)c4ccc(Cl)c(Cl)c4)c3)nn12. The van der Waals surface area contributed by atoms with Crippen molar-refractivity contribution in [1.29, 1.82) is 0 Å². The Labute approximate surface area is 164 Å². The molecule has 8 heteroatoms. The zero-order valence-corrected chi connectivity index (χ0v) is 15.7. The van der Waals surface area contributed by atoms with Crippen molar-refractivity contribution in [2.45, 2.75) is 6.92 Å². The molecule has 1 amide bonds. The van der Waals surface area contributed by atoms with Gasteiger partial charge in [0, 0.05) is 16.8 Å². The van der Waals surface area contributed by atoms with Crippen molar-refractivity contribution in [3.8, 4) is 11.3 Å². The highest BCUT2D eigenvalue weighted by Crippen LogP contribution is 2.24. The van der Waals surface area contributed by atoms with Crippen LogP contribution >= 0.6 is 23.2 Å². The third-order valence-corrected chi connectivity index (χ3v) is 4.76. The molecule has 2 aromatic carbocycles. The summed E-state index contributed by atoms with van der Waals surface area (Å²) in [4.78, 5) is 12.5. The minimum absolute atomic E-state index is 0.274. The number of hydrogen-bond acceptors (Lipinski definition) is 4. The molecule has 0 spiro atoms. The van der Waals surface area contributed by atoms with E-state index in [4.69, 9.17) is 23.2 Å². The Morgan fingerprint density at radius 1 is 1.00 bits per heavy atom. The molecule has 0 bridgehead atoms. The molecule has 0 saturated carbocycles. The highest BCUT2D eigenvalue weighted by Gasteiger charge is 2.10. The molecule has 2 heterocycles. The van der Waals surface area contributed by atoms with Gasteiger partial charge in [0.25, 0.3) is 5.91 Å². The Morgan fingerprint density at radius 2 is 1.85 bits per heavy atom. The van der Waals surface area contributed by atoms with Gasteiger partial charge < -0.3 is 5.32 Å². The lowest BCUT2D eigenvalue weighted by atomic mass is 10.1. The second-order valence-corrected chi connectivity index (χ2v) is 6.71. The monoisotopic (exact) mass is 397 g/mol. The molecular formula is C19H13Cl2N5O. The van der Waals surface area contributed by atoms with E-state index in [2.05, 4.69) is 20.6 Å². The average Bonchev–Trinajstić information content (AvgIpc) is 3.04. The molecule has 0 aliphatic carbocycles. The minimum Gasteiger partial charge on any atom is -0.322 e. The summed E-state index contributed by atoms with van der Waals surface area (Å²) in [5.41, 5.74) is 3.36. The number of nitrogens with one attached hydrogen (secondary N) is 1. The van der Waals surface area contributed by atoms with Gasteiger partial charge in [-0.25, -0.2) is 0 Å². The number of amides is 1. The van der Waals surface area contributed by atoms with E-state index < -0.39 is 0 Å². The number of halogens is 2. The molecule has 0 fully saturated rings. The van der Waals surface area contributed by atoms with Crippen LogP contribution in [0.15, 0.2) is 54.6 Å². The number of carbonyl (C=O) groups excluding carboxylic acids is 1. The third-order valence-electron chi connectivity index (χ3n) is 4.02. The molecule has 27 heavy (non-hydrogen) atoms. The van der Waals surface area contributed by atoms with Gasteiger partial charge in [-0.3, -0.25) is 4.79 Å². The number of hydrogen-bond donors (Lipinski definition) is 1. The van der Waals surface area contributed by atoms with E-state index in [0.29, 0.717) is 32.8 Å². The van der Waals surface area contributed by atoms with Crippen molar-refractivity contribution >= 4 is 40.4 Å². The lowest BCUT2D eigenvalue weighted by Gasteiger charge is -2.08. The second kappa shape index (κ2) is 6.98. The normalized spacial score (nSPS) is 10.9. The molecule has 0 saturated heterocycles. The van der Waals surface area contributed by atoms with Crippen LogP contribution in [0.4, 0.5) is 5.69 Å². The fourth-order valence-corrected chi connectivity index (χ4v) is 2.95. The Balaban J connectivity index is 1.62. The summed E-state index contributed by atoms with van der Waals surface area (Å²) in [5.74, 6) is 0.430. The Bertz CT molecular complexity index is 1170. The lowest BCUT2D eigenvalue weighted by molar-refractivity contribution is 0.102. The summed E-state index contributed by atoms with van der Waals surface area (Å²) >= 11 is 11.9. The molecule has 2 aromatic heterocycles. The van der Waals surface area contributed by atoms with Gasteiger partial charge in [-0.15, -0.1) is 10.2 Å². The van der Waals surface area contributed by atoms with E-state index in [-0.39, 0.29) is 5.91 Å². The van der Waals surface area contributed by atoms with Crippen LogP contribution in [0.2, 0.25) is 10.0 Å². The van der Waals surface area contributed by atoms with Gasteiger partial charge in [-0.1, -0.05) is 35.3 Å². The average molecular weight is 398 g/mol. The van der Waals surface area contributed by atoms with Crippen molar-refractivity contribution in [2.75, 3.05) is 5.32 Å². The third kappa shape index (κ3) is 3.49. The van der Waals surface area contributed by atoms with Crippen molar-refractivity contribution < 1.29 is 4.79 Å².